The molecule has 2 rings (SSSR count). The van der Waals surface area contributed by atoms with E-state index in [2.05, 4.69) is 31.2 Å². The first-order chi connectivity index (χ1) is 9.96. The molecule has 0 aromatic carbocycles. The van der Waals surface area contributed by atoms with Crippen LogP contribution in [0.1, 0.15) is 5.56 Å². The molecule has 0 atom stereocenters. The molecule has 0 aliphatic carbocycles. The number of rotatable bonds is 7. The first-order valence-electron chi connectivity index (χ1n) is 7.18. The standard InChI is InChI=1S/C16H24N2O2Si/c1-6-13-11-17-16-14(15(13)19-2)7-8-18(16)12-20-9-10-21(3,4)5/h6-8,11H,1,9-10,12H2,2-5H3. The molecule has 0 amide bonds. The van der Waals surface area contributed by atoms with Gasteiger partial charge < -0.3 is 14.0 Å². The van der Waals surface area contributed by atoms with Crippen LogP contribution in [0, 0.1) is 0 Å². The van der Waals surface area contributed by atoms with Gasteiger partial charge in [0, 0.05) is 32.6 Å². The molecular weight excluding hydrogens is 280 g/mol. The van der Waals surface area contributed by atoms with Crippen LogP contribution in [0.3, 0.4) is 0 Å². The lowest BCUT2D eigenvalue weighted by Crippen LogP contribution is -2.22. The molecule has 0 aliphatic heterocycles. The van der Waals surface area contributed by atoms with E-state index in [-0.39, 0.29) is 0 Å². The first-order valence-corrected chi connectivity index (χ1v) is 10.9. The van der Waals surface area contributed by atoms with Gasteiger partial charge in [0.1, 0.15) is 18.1 Å². The van der Waals surface area contributed by atoms with Crippen molar-refractivity contribution < 1.29 is 9.47 Å². The number of methoxy groups -OCH3 is 1. The van der Waals surface area contributed by atoms with Gasteiger partial charge in [-0.25, -0.2) is 4.98 Å². The van der Waals surface area contributed by atoms with E-state index in [0.29, 0.717) is 6.73 Å². The smallest absolute Gasteiger partial charge is 0.145 e. The quantitative estimate of drug-likeness (QED) is 0.573. The maximum atomic E-state index is 5.79. The predicted octanol–water partition coefficient (Wildman–Crippen LogP) is 4.00. The van der Waals surface area contributed by atoms with Gasteiger partial charge in [-0.3, -0.25) is 0 Å². The summed E-state index contributed by atoms with van der Waals surface area (Å²) in [5, 5.41) is 0.990. The number of nitrogens with zero attached hydrogens (tertiary/aromatic N) is 2. The van der Waals surface area contributed by atoms with E-state index in [1.807, 2.05) is 16.8 Å². The van der Waals surface area contributed by atoms with E-state index in [0.717, 1.165) is 29.0 Å². The average molecular weight is 304 g/mol. The average Bonchev–Trinajstić information content (AvgIpc) is 2.84. The van der Waals surface area contributed by atoms with Gasteiger partial charge in [-0.1, -0.05) is 32.3 Å². The molecule has 0 fully saturated rings. The van der Waals surface area contributed by atoms with Crippen molar-refractivity contribution in [2.75, 3.05) is 13.7 Å². The van der Waals surface area contributed by atoms with Crippen molar-refractivity contribution in [3.8, 4) is 5.75 Å². The van der Waals surface area contributed by atoms with Crippen LogP contribution in [-0.4, -0.2) is 31.3 Å². The summed E-state index contributed by atoms with van der Waals surface area (Å²) >= 11 is 0. The van der Waals surface area contributed by atoms with Crippen LogP contribution < -0.4 is 4.74 Å². The Balaban J connectivity index is 2.13. The minimum atomic E-state index is -1.04. The Labute approximate surface area is 127 Å². The highest BCUT2D eigenvalue weighted by molar-refractivity contribution is 6.76. The zero-order valence-corrected chi connectivity index (χ0v) is 14.3. The largest absolute Gasteiger partial charge is 0.495 e. The highest BCUT2D eigenvalue weighted by Crippen LogP contribution is 2.29. The third-order valence-corrected chi connectivity index (χ3v) is 5.12. The van der Waals surface area contributed by atoms with Crippen LogP contribution >= 0.6 is 0 Å². The normalized spacial score (nSPS) is 11.8. The molecule has 0 radical (unpaired) electrons. The molecule has 0 aliphatic rings. The lowest BCUT2D eigenvalue weighted by molar-refractivity contribution is 0.0899. The van der Waals surface area contributed by atoms with Crippen LogP contribution in [-0.2, 0) is 11.5 Å². The Morgan fingerprint density at radius 3 is 2.76 bits per heavy atom. The molecular formula is C16H24N2O2Si. The zero-order valence-electron chi connectivity index (χ0n) is 13.3. The highest BCUT2D eigenvalue weighted by atomic mass is 28.3. The molecule has 0 spiro atoms. The Morgan fingerprint density at radius 2 is 2.14 bits per heavy atom. The summed E-state index contributed by atoms with van der Waals surface area (Å²) in [7, 11) is 0.629. The summed E-state index contributed by atoms with van der Waals surface area (Å²) < 4.78 is 13.3. The highest BCUT2D eigenvalue weighted by Gasteiger charge is 2.13. The summed E-state index contributed by atoms with van der Waals surface area (Å²) in [4.78, 5) is 4.49. The summed E-state index contributed by atoms with van der Waals surface area (Å²) in [6.07, 6.45) is 5.53. The van der Waals surface area contributed by atoms with Gasteiger partial charge in [-0.15, -0.1) is 0 Å². The van der Waals surface area contributed by atoms with Gasteiger partial charge in [0.25, 0.3) is 0 Å². The SMILES string of the molecule is C=Cc1cnc2c(ccn2COCC[Si](C)(C)C)c1OC. The van der Waals surface area contributed by atoms with Crippen molar-refractivity contribution >= 4 is 25.2 Å². The van der Waals surface area contributed by atoms with Gasteiger partial charge in [0.05, 0.1) is 12.5 Å². The maximum absolute atomic E-state index is 5.79. The lowest BCUT2D eigenvalue weighted by atomic mass is 10.2. The maximum Gasteiger partial charge on any atom is 0.145 e. The Hall–Kier alpha value is -1.59. The van der Waals surface area contributed by atoms with E-state index < -0.39 is 8.07 Å². The molecule has 2 aromatic rings. The van der Waals surface area contributed by atoms with Crippen molar-refractivity contribution in [3.63, 3.8) is 0 Å². The van der Waals surface area contributed by atoms with Gasteiger partial charge >= 0.3 is 0 Å². The molecule has 0 unspecified atom stereocenters. The molecule has 114 valence electrons. The summed E-state index contributed by atoms with van der Waals surface area (Å²) in [5.74, 6) is 0.816. The van der Waals surface area contributed by atoms with E-state index >= 15 is 0 Å². The molecule has 0 bridgehead atoms. The number of hydrogen-bond donors (Lipinski definition) is 0. The Morgan fingerprint density at radius 1 is 1.38 bits per heavy atom. The van der Waals surface area contributed by atoms with Gasteiger partial charge in [-0.2, -0.15) is 0 Å². The number of aromatic nitrogens is 2. The van der Waals surface area contributed by atoms with Crippen LogP contribution in [0.2, 0.25) is 25.7 Å². The van der Waals surface area contributed by atoms with Gasteiger partial charge in [0.15, 0.2) is 0 Å². The number of ether oxygens (including phenoxy) is 2. The van der Waals surface area contributed by atoms with Crippen molar-refractivity contribution in [1.82, 2.24) is 9.55 Å². The van der Waals surface area contributed by atoms with Crippen molar-refractivity contribution in [1.29, 1.82) is 0 Å². The van der Waals surface area contributed by atoms with E-state index in [9.17, 15) is 0 Å². The third-order valence-electron chi connectivity index (χ3n) is 3.42. The second-order valence-electron chi connectivity index (χ2n) is 6.32. The van der Waals surface area contributed by atoms with Gasteiger partial charge in [-0.05, 0) is 12.1 Å². The van der Waals surface area contributed by atoms with E-state index in [1.165, 1.54) is 6.04 Å². The molecule has 5 heteroatoms. The van der Waals surface area contributed by atoms with E-state index in [4.69, 9.17) is 9.47 Å². The molecule has 0 N–H and O–H groups in total. The van der Waals surface area contributed by atoms with Crippen molar-refractivity contribution in [2.24, 2.45) is 0 Å². The van der Waals surface area contributed by atoms with Crippen LogP contribution in [0.4, 0.5) is 0 Å². The molecule has 2 heterocycles. The molecule has 0 saturated heterocycles. The number of pyridine rings is 1. The molecule has 21 heavy (non-hydrogen) atoms. The topological polar surface area (TPSA) is 36.3 Å². The molecule has 0 saturated carbocycles. The number of hydrogen-bond acceptors (Lipinski definition) is 3. The molecule has 2 aromatic heterocycles. The Bertz CT molecular complexity index is 629. The fourth-order valence-electron chi connectivity index (χ4n) is 2.15. The van der Waals surface area contributed by atoms with Crippen LogP contribution in [0.15, 0.2) is 25.0 Å². The van der Waals surface area contributed by atoms with Crippen LogP contribution in [0.25, 0.3) is 17.1 Å². The molecule has 4 nitrogen and oxygen atoms in total. The summed E-state index contributed by atoms with van der Waals surface area (Å²) in [6, 6.07) is 3.18. The van der Waals surface area contributed by atoms with Crippen molar-refractivity contribution in [2.45, 2.75) is 32.4 Å². The third kappa shape index (κ3) is 3.74. The monoisotopic (exact) mass is 304 g/mol. The Kier molecular flexibility index (Phi) is 4.85. The number of fused-ring (bicyclic) bond motifs is 1. The second-order valence-corrected chi connectivity index (χ2v) is 11.9. The summed E-state index contributed by atoms with van der Waals surface area (Å²) in [6.45, 7) is 12.2. The minimum absolute atomic E-state index is 0.525. The fraction of sp³-hybridized carbons (Fsp3) is 0.438. The van der Waals surface area contributed by atoms with Crippen molar-refractivity contribution in [3.05, 3.63) is 30.6 Å². The van der Waals surface area contributed by atoms with E-state index in [1.54, 1.807) is 19.4 Å². The van der Waals surface area contributed by atoms with Gasteiger partial charge in [0.2, 0.25) is 0 Å². The predicted molar refractivity (Wildman–Crippen MR) is 90.5 cm³/mol. The second kappa shape index (κ2) is 6.45. The van der Waals surface area contributed by atoms with Crippen LogP contribution in [0.5, 0.6) is 5.75 Å². The lowest BCUT2D eigenvalue weighted by Gasteiger charge is -2.15. The first kappa shape index (κ1) is 15.8. The summed E-state index contributed by atoms with van der Waals surface area (Å²) in [5.41, 5.74) is 1.79. The zero-order chi connectivity index (χ0) is 15.5. The minimum Gasteiger partial charge on any atom is -0.495 e. The fourth-order valence-corrected chi connectivity index (χ4v) is 2.91.